The Morgan fingerprint density at radius 1 is 1.50 bits per heavy atom. The number of ether oxygens (including phenoxy) is 1. The van der Waals surface area contributed by atoms with Gasteiger partial charge in [0.05, 0.1) is 6.10 Å². The van der Waals surface area contributed by atoms with E-state index in [1.165, 1.54) is 4.90 Å². The van der Waals surface area contributed by atoms with Crippen molar-refractivity contribution in [1.82, 2.24) is 4.98 Å². The SMILES string of the molecule is CCOC(CN)CSc1ccncc1. The van der Waals surface area contributed by atoms with Crippen molar-refractivity contribution >= 4 is 11.8 Å². The number of hydrogen-bond donors (Lipinski definition) is 1. The predicted octanol–water partition coefficient (Wildman–Crippen LogP) is 1.54. The van der Waals surface area contributed by atoms with E-state index in [0.717, 1.165) is 12.4 Å². The number of pyridine rings is 1. The highest BCUT2D eigenvalue weighted by Crippen LogP contribution is 2.17. The summed E-state index contributed by atoms with van der Waals surface area (Å²) in [4.78, 5) is 5.17. The van der Waals surface area contributed by atoms with Gasteiger partial charge in [0.1, 0.15) is 0 Å². The minimum absolute atomic E-state index is 0.151. The van der Waals surface area contributed by atoms with Crippen LogP contribution in [0.25, 0.3) is 0 Å². The molecule has 78 valence electrons. The molecule has 2 N–H and O–H groups in total. The molecule has 1 rings (SSSR count). The van der Waals surface area contributed by atoms with Crippen molar-refractivity contribution in [2.24, 2.45) is 5.73 Å². The zero-order valence-electron chi connectivity index (χ0n) is 8.35. The normalized spacial score (nSPS) is 12.7. The summed E-state index contributed by atoms with van der Waals surface area (Å²) in [5.74, 6) is 0.897. The second-order valence-electron chi connectivity index (χ2n) is 2.81. The van der Waals surface area contributed by atoms with Gasteiger partial charge in [-0.05, 0) is 19.1 Å². The number of hydrogen-bond acceptors (Lipinski definition) is 4. The largest absolute Gasteiger partial charge is 0.376 e. The van der Waals surface area contributed by atoms with Gasteiger partial charge in [0.15, 0.2) is 0 Å². The molecular weight excluding hydrogens is 196 g/mol. The molecule has 0 aromatic carbocycles. The second kappa shape index (κ2) is 6.81. The summed E-state index contributed by atoms with van der Waals surface area (Å²) in [6, 6.07) is 3.98. The summed E-state index contributed by atoms with van der Waals surface area (Å²) < 4.78 is 5.45. The van der Waals surface area contributed by atoms with Crippen molar-refractivity contribution in [3.8, 4) is 0 Å². The Bertz CT molecular complexity index is 243. The molecule has 0 bridgehead atoms. The summed E-state index contributed by atoms with van der Waals surface area (Å²) in [7, 11) is 0. The number of nitrogens with two attached hydrogens (primary N) is 1. The molecular formula is C10H16N2OS. The Morgan fingerprint density at radius 3 is 2.79 bits per heavy atom. The van der Waals surface area contributed by atoms with Crippen molar-refractivity contribution in [1.29, 1.82) is 0 Å². The highest BCUT2D eigenvalue weighted by molar-refractivity contribution is 7.99. The third kappa shape index (κ3) is 4.09. The minimum atomic E-state index is 0.151. The maximum Gasteiger partial charge on any atom is 0.0790 e. The van der Waals surface area contributed by atoms with E-state index in [1.807, 2.05) is 19.1 Å². The van der Waals surface area contributed by atoms with Crippen molar-refractivity contribution < 1.29 is 4.74 Å². The molecule has 1 heterocycles. The van der Waals surface area contributed by atoms with E-state index >= 15 is 0 Å². The Hall–Kier alpha value is -0.580. The van der Waals surface area contributed by atoms with Crippen LogP contribution in [0.1, 0.15) is 6.92 Å². The van der Waals surface area contributed by atoms with E-state index in [1.54, 1.807) is 24.2 Å². The van der Waals surface area contributed by atoms with Crippen LogP contribution in [0.3, 0.4) is 0 Å². The fraction of sp³-hybridized carbons (Fsp3) is 0.500. The third-order valence-electron chi connectivity index (χ3n) is 1.75. The number of rotatable bonds is 6. The lowest BCUT2D eigenvalue weighted by Crippen LogP contribution is -2.26. The minimum Gasteiger partial charge on any atom is -0.376 e. The zero-order valence-corrected chi connectivity index (χ0v) is 9.17. The van der Waals surface area contributed by atoms with Crippen LogP contribution < -0.4 is 5.73 Å². The van der Waals surface area contributed by atoms with E-state index in [2.05, 4.69) is 4.98 Å². The number of aromatic nitrogens is 1. The average molecular weight is 212 g/mol. The van der Waals surface area contributed by atoms with Crippen molar-refractivity contribution in [2.45, 2.75) is 17.9 Å². The molecule has 1 aromatic heterocycles. The maximum atomic E-state index is 5.57. The van der Waals surface area contributed by atoms with Crippen LogP contribution in [-0.4, -0.2) is 30.0 Å². The van der Waals surface area contributed by atoms with Crippen molar-refractivity contribution in [3.63, 3.8) is 0 Å². The molecule has 0 fully saturated rings. The van der Waals surface area contributed by atoms with Gasteiger partial charge in [0.25, 0.3) is 0 Å². The smallest absolute Gasteiger partial charge is 0.0790 e. The van der Waals surface area contributed by atoms with E-state index in [0.29, 0.717) is 6.54 Å². The molecule has 0 saturated carbocycles. The highest BCUT2D eigenvalue weighted by Gasteiger charge is 2.05. The molecule has 0 aliphatic carbocycles. The Kier molecular flexibility index (Phi) is 5.59. The van der Waals surface area contributed by atoms with Gasteiger partial charge in [-0.2, -0.15) is 0 Å². The second-order valence-corrected chi connectivity index (χ2v) is 3.90. The van der Waals surface area contributed by atoms with Crippen molar-refractivity contribution in [2.75, 3.05) is 18.9 Å². The van der Waals surface area contributed by atoms with Crippen LogP contribution >= 0.6 is 11.8 Å². The van der Waals surface area contributed by atoms with Gasteiger partial charge < -0.3 is 10.5 Å². The molecule has 0 aliphatic heterocycles. The van der Waals surface area contributed by atoms with Gasteiger partial charge in [-0.1, -0.05) is 0 Å². The van der Waals surface area contributed by atoms with Crippen LogP contribution in [0.5, 0.6) is 0 Å². The lowest BCUT2D eigenvalue weighted by Gasteiger charge is -2.13. The van der Waals surface area contributed by atoms with Crippen LogP contribution in [0.15, 0.2) is 29.4 Å². The molecule has 1 aromatic rings. The van der Waals surface area contributed by atoms with Crippen LogP contribution in [0.4, 0.5) is 0 Å². The lowest BCUT2D eigenvalue weighted by atomic mass is 10.4. The molecule has 0 aliphatic rings. The van der Waals surface area contributed by atoms with Gasteiger partial charge in [-0.25, -0.2) is 0 Å². The zero-order chi connectivity index (χ0) is 10.2. The van der Waals surface area contributed by atoms with Gasteiger partial charge in [-0.3, -0.25) is 4.98 Å². The van der Waals surface area contributed by atoms with E-state index in [9.17, 15) is 0 Å². The molecule has 0 amide bonds. The first-order valence-corrected chi connectivity index (χ1v) is 5.70. The first-order chi connectivity index (χ1) is 6.86. The Morgan fingerprint density at radius 2 is 2.21 bits per heavy atom. The first kappa shape index (κ1) is 11.5. The summed E-state index contributed by atoms with van der Waals surface area (Å²) >= 11 is 1.75. The molecule has 1 atom stereocenters. The van der Waals surface area contributed by atoms with E-state index in [4.69, 9.17) is 10.5 Å². The lowest BCUT2D eigenvalue weighted by molar-refractivity contribution is 0.0858. The van der Waals surface area contributed by atoms with Gasteiger partial charge in [-0.15, -0.1) is 11.8 Å². The summed E-state index contributed by atoms with van der Waals surface area (Å²) in [5, 5.41) is 0. The Balaban J connectivity index is 2.32. The van der Waals surface area contributed by atoms with Crippen molar-refractivity contribution in [3.05, 3.63) is 24.5 Å². The summed E-state index contributed by atoms with van der Waals surface area (Å²) in [6.07, 6.45) is 3.74. The molecule has 0 radical (unpaired) electrons. The number of thioether (sulfide) groups is 1. The summed E-state index contributed by atoms with van der Waals surface area (Å²) in [6.45, 7) is 3.28. The topological polar surface area (TPSA) is 48.1 Å². The average Bonchev–Trinajstić information content (AvgIpc) is 2.25. The monoisotopic (exact) mass is 212 g/mol. The summed E-state index contributed by atoms with van der Waals surface area (Å²) in [5.41, 5.74) is 5.57. The third-order valence-corrected chi connectivity index (χ3v) is 2.89. The highest BCUT2D eigenvalue weighted by atomic mass is 32.2. The molecule has 14 heavy (non-hydrogen) atoms. The van der Waals surface area contributed by atoms with E-state index in [-0.39, 0.29) is 6.10 Å². The molecule has 3 nitrogen and oxygen atoms in total. The van der Waals surface area contributed by atoms with Gasteiger partial charge in [0.2, 0.25) is 0 Å². The fourth-order valence-corrected chi connectivity index (χ4v) is 1.97. The first-order valence-electron chi connectivity index (χ1n) is 4.71. The van der Waals surface area contributed by atoms with Crippen LogP contribution in [0, 0.1) is 0 Å². The quantitative estimate of drug-likeness (QED) is 0.727. The maximum absolute atomic E-state index is 5.57. The van der Waals surface area contributed by atoms with Gasteiger partial charge >= 0.3 is 0 Å². The van der Waals surface area contributed by atoms with Crippen LogP contribution in [-0.2, 0) is 4.74 Å². The molecule has 1 unspecified atom stereocenters. The van der Waals surface area contributed by atoms with E-state index < -0.39 is 0 Å². The molecule has 0 spiro atoms. The molecule has 0 saturated heterocycles. The predicted molar refractivity (Wildman–Crippen MR) is 59.4 cm³/mol. The standard InChI is InChI=1S/C10H16N2OS/c1-2-13-9(7-11)8-14-10-3-5-12-6-4-10/h3-6,9H,2,7-8,11H2,1H3. The fourth-order valence-electron chi connectivity index (χ4n) is 1.04. The van der Waals surface area contributed by atoms with Gasteiger partial charge in [0, 0.05) is 36.2 Å². The van der Waals surface area contributed by atoms with Crippen LogP contribution in [0.2, 0.25) is 0 Å². The Labute approximate surface area is 89.1 Å². The molecule has 4 heteroatoms. The number of nitrogens with zero attached hydrogens (tertiary/aromatic N) is 1.